The average Bonchev–Trinajstić information content (AvgIpc) is 3.01. The summed E-state index contributed by atoms with van der Waals surface area (Å²) < 4.78 is 44.5. The Balaban J connectivity index is 2.08. The molecule has 4 nitrogen and oxygen atoms in total. The van der Waals surface area contributed by atoms with E-state index in [0.29, 0.717) is 12.8 Å². The van der Waals surface area contributed by atoms with Crippen LogP contribution in [0.3, 0.4) is 0 Å². The van der Waals surface area contributed by atoms with Crippen molar-refractivity contribution in [1.82, 2.24) is 0 Å². The predicted molar refractivity (Wildman–Crippen MR) is 71.7 cm³/mol. The zero-order valence-corrected chi connectivity index (χ0v) is 12.8. The number of alkyl halides is 3. The van der Waals surface area contributed by atoms with E-state index in [9.17, 15) is 28.2 Å². The molecule has 6 atom stereocenters. The van der Waals surface area contributed by atoms with Gasteiger partial charge in [-0.05, 0) is 43.9 Å². The van der Waals surface area contributed by atoms with E-state index in [4.69, 9.17) is 4.74 Å². The lowest BCUT2D eigenvalue weighted by Crippen LogP contribution is -2.46. The van der Waals surface area contributed by atoms with Crippen LogP contribution in [-0.2, 0) is 9.53 Å². The molecule has 0 radical (unpaired) electrons. The van der Waals surface area contributed by atoms with Crippen LogP contribution in [0.25, 0.3) is 0 Å². The van der Waals surface area contributed by atoms with Crippen molar-refractivity contribution in [2.75, 3.05) is 13.2 Å². The van der Waals surface area contributed by atoms with Crippen LogP contribution >= 0.6 is 0 Å². The largest absolute Gasteiger partial charge is 0.461 e. The van der Waals surface area contributed by atoms with Crippen LogP contribution in [0.2, 0.25) is 0 Å². The van der Waals surface area contributed by atoms with Gasteiger partial charge in [-0.25, -0.2) is 0 Å². The van der Waals surface area contributed by atoms with E-state index in [1.54, 1.807) is 0 Å². The summed E-state index contributed by atoms with van der Waals surface area (Å²) in [4.78, 5) is 12.1. The molecule has 0 aromatic heterocycles. The highest BCUT2D eigenvalue weighted by Gasteiger charge is 2.59. The summed E-state index contributed by atoms with van der Waals surface area (Å²) in [5, 5.41) is 18.8. The van der Waals surface area contributed by atoms with Gasteiger partial charge in [0.05, 0.1) is 0 Å². The van der Waals surface area contributed by atoms with Gasteiger partial charge in [-0.2, -0.15) is 13.2 Å². The van der Waals surface area contributed by atoms with Gasteiger partial charge in [-0.15, -0.1) is 0 Å². The first-order valence-corrected chi connectivity index (χ1v) is 7.69. The number of halogens is 3. The Morgan fingerprint density at radius 3 is 2.23 bits per heavy atom. The highest BCUT2D eigenvalue weighted by Crippen LogP contribution is 2.54. The number of carbonyl (C=O) groups is 1. The molecule has 2 aliphatic rings. The monoisotopic (exact) mass is 324 g/mol. The van der Waals surface area contributed by atoms with Gasteiger partial charge in [0.1, 0.15) is 6.10 Å². The Bertz CT molecular complexity index is 426. The van der Waals surface area contributed by atoms with E-state index < -0.39 is 23.7 Å². The van der Waals surface area contributed by atoms with Crippen molar-refractivity contribution in [3.63, 3.8) is 0 Å². The fourth-order valence-electron chi connectivity index (χ4n) is 3.96. The third-order valence-electron chi connectivity index (χ3n) is 5.76. The summed E-state index contributed by atoms with van der Waals surface area (Å²) in [6.45, 7) is 1.98. The van der Waals surface area contributed by atoms with Crippen LogP contribution in [0.1, 0.15) is 33.1 Å². The molecule has 0 spiro atoms. The smallest absolute Gasteiger partial charge is 0.404 e. The van der Waals surface area contributed by atoms with Crippen LogP contribution in [0, 0.1) is 29.1 Å². The van der Waals surface area contributed by atoms with Gasteiger partial charge in [-0.1, -0.05) is 6.92 Å². The van der Waals surface area contributed by atoms with E-state index in [1.807, 2.05) is 0 Å². The second-order valence-electron chi connectivity index (χ2n) is 6.72. The SMILES string of the molecule is CCC(C)(C(=O)OC1CC2CC1C(CO)C2CO)C(F)(F)F. The number of fused-ring (bicyclic) bond motifs is 2. The van der Waals surface area contributed by atoms with Gasteiger partial charge in [0.15, 0.2) is 5.41 Å². The Hall–Kier alpha value is -0.820. The molecule has 2 aliphatic carbocycles. The molecule has 0 aliphatic heterocycles. The van der Waals surface area contributed by atoms with Gasteiger partial charge in [0, 0.05) is 19.1 Å². The molecule has 0 saturated heterocycles. The second kappa shape index (κ2) is 6.00. The highest BCUT2D eigenvalue weighted by atomic mass is 19.4. The fourth-order valence-corrected chi connectivity index (χ4v) is 3.96. The van der Waals surface area contributed by atoms with Crippen molar-refractivity contribution in [3.8, 4) is 0 Å². The molecule has 7 heteroatoms. The first-order valence-electron chi connectivity index (χ1n) is 7.69. The van der Waals surface area contributed by atoms with Crippen molar-refractivity contribution >= 4 is 5.97 Å². The molecular weight excluding hydrogens is 301 g/mol. The molecular formula is C15H23F3O4. The maximum Gasteiger partial charge on any atom is 0.404 e. The summed E-state index contributed by atoms with van der Waals surface area (Å²) in [5.74, 6) is -1.56. The molecule has 22 heavy (non-hydrogen) atoms. The molecule has 2 bridgehead atoms. The first-order chi connectivity index (χ1) is 10.2. The Labute approximate surface area is 127 Å². The first kappa shape index (κ1) is 17.5. The number of carbonyl (C=O) groups excluding carboxylic acids is 1. The molecule has 128 valence electrons. The lowest BCUT2D eigenvalue weighted by molar-refractivity contribution is -0.235. The molecule has 2 fully saturated rings. The summed E-state index contributed by atoms with van der Waals surface area (Å²) >= 11 is 0. The predicted octanol–water partition coefficient (Wildman–Crippen LogP) is 2.13. The number of hydrogen-bond donors (Lipinski definition) is 2. The number of rotatable bonds is 5. The van der Waals surface area contributed by atoms with Gasteiger partial charge in [0.2, 0.25) is 0 Å². The Kier molecular flexibility index (Phi) is 4.78. The van der Waals surface area contributed by atoms with Crippen molar-refractivity contribution < 1.29 is 32.9 Å². The molecule has 0 aromatic rings. The Morgan fingerprint density at radius 2 is 1.77 bits per heavy atom. The quantitative estimate of drug-likeness (QED) is 0.760. The molecule has 0 aromatic carbocycles. The van der Waals surface area contributed by atoms with Gasteiger partial charge in [0.25, 0.3) is 0 Å². The van der Waals surface area contributed by atoms with E-state index in [-0.39, 0.29) is 43.3 Å². The van der Waals surface area contributed by atoms with Crippen molar-refractivity contribution in [1.29, 1.82) is 0 Å². The number of hydrogen-bond acceptors (Lipinski definition) is 4. The maximum atomic E-state index is 13.1. The zero-order chi connectivity index (χ0) is 16.7. The zero-order valence-electron chi connectivity index (χ0n) is 12.8. The molecule has 2 saturated carbocycles. The van der Waals surface area contributed by atoms with E-state index >= 15 is 0 Å². The number of aliphatic hydroxyl groups excluding tert-OH is 2. The van der Waals surface area contributed by atoms with Crippen LogP contribution in [0.5, 0.6) is 0 Å². The molecule has 0 amide bonds. The molecule has 0 heterocycles. The molecule has 2 rings (SSSR count). The molecule has 2 N–H and O–H groups in total. The number of ether oxygens (including phenoxy) is 1. The maximum absolute atomic E-state index is 13.1. The normalized spacial score (nSPS) is 37.1. The Morgan fingerprint density at radius 1 is 1.18 bits per heavy atom. The van der Waals surface area contributed by atoms with Crippen LogP contribution in [-0.4, -0.2) is 41.7 Å². The van der Waals surface area contributed by atoms with Gasteiger partial charge >= 0.3 is 12.1 Å². The van der Waals surface area contributed by atoms with Gasteiger partial charge < -0.3 is 14.9 Å². The lowest BCUT2D eigenvalue weighted by atomic mass is 9.78. The van der Waals surface area contributed by atoms with E-state index in [2.05, 4.69) is 0 Å². The number of esters is 1. The van der Waals surface area contributed by atoms with E-state index in [0.717, 1.165) is 6.92 Å². The van der Waals surface area contributed by atoms with Crippen LogP contribution in [0.15, 0.2) is 0 Å². The minimum Gasteiger partial charge on any atom is -0.461 e. The van der Waals surface area contributed by atoms with Gasteiger partial charge in [-0.3, -0.25) is 4.79 Å². The standard InChI is InChI=1S/C15H23F3O4/c1-3-14(2,15(16,17)18)13(21)22-12-5-8-4-9(12)11(7-20)10(8)6-19/h8-12,19-20H,3-7H2,1-2H3. The lowest BCUT2D eigenvalue weighted by Gasteiger charge is -2.36. The van der Waals surface area contributed by atoms with Crippen molar-refractivity contribution in [2.45, 2.75) is 45.4 Å². The summed E-state index contributed by atoms with van der Waals surface area (Å²) in [7, 11) is 0. The highest BCUT2D eigenvalue weighted by molar-refractivity contribution is 5.77. The van der Waals surface area contributed by atoms with Crippen molar-refractivity contribution in [3.05, 3.63) is 0 Å². The second-order valence-corrected chi connectivity index (χ2v) is 6.72. The average molecular weight is 324 g/mol. The molecule has 6 unspecified atom stereocenters. The van der Waals surface area contributed by atoms with Crippen molar-refractivity contribution in [2.24, 2.45) is 29.1 Å². The topological polar surface area (TPSA) is 66.8 Å². The summed E-state index contributed by atoms with van der Waals surface area (Å²) in [5.41, 5.74) is -2.50. The fraction of sp³-hybridized carbons (Fsp3) is 0.933. The van der Waals surface area contributed by atoms with Crippen LogP contribution < -0.4 is 0 Å². The van der Waals surface area contributed by atoms with E-state index in [1.165, 1.54) is 6.92 Å². The number of aliphatic hydroxyl groups is 2. The third kappa shape index (κ3) is 2.62. The minimum absolute atomic E-state index is 0.0508. The minimum atomic E-state index is -4.65. The third-order valence-corrected chi connectivity index (χ3v) is 5.76. The summed E-state index contributed by atoms with van der Waals surface area (Å²) in [6, 6.07) is 0. The van der Waals surface area contributed by atoms with Crippen LogP contribution in [0.4, 0.5) is 13.2 Å². The summed E-state index contributed by atoms with van der Waals surface area (Å²) in [6.07, 6.45) is -4.47.